The van der Waals surface area contributed by atoms with Crippen LogP contribution in [0, 0.1) is 0 Å². The van der Waals surface area contributed by atoms with Crippen molar-refractivity contribution in [2.75, 3.05) is 6.54 Å². The van der Waals surface area contributed by atoms with Gasteiger partial charge in [0, 0.05) is 10.6 Å². The molecule has 3 aromatic rings. The maximum atomic E-state index is 12.7. The fourth-order valence-corrected chi connectivity index (χ4v) is 4.03. The molecular formula is C24H16ClNO3S. The number of hydrogen-bond acceptors (Lipinski definition) is 4. The van der Waals surface area contributed by atoms with Crippen LogP contribution in [0.3, 0.4) is 0 Å². The van der Waals surface area contributed by atoms with Gasteiger partial charge >= 0.3 is 0 Å². The van der Waals surface area contributed by atoms with Gasteiger partial charge in [-0.1, -0.05) is 78.3 Å². The van der Waals surface area contributed by atoms with E-state index in [0.717, 1.165) is 33.4 Å². The molecule has 0 unspecified atom stereocenters. The number of rotatable bonds is 5. The molecule has 1 heterocycles. The third kappa shape index (κ3) is 4.37. The van der Waals surface area contributed by atoms with Gasteiger partial charge < -0.3 is 0 Å². The Morgan fingerprint density at radius 2 is 1.50 bits per heavy atom. The lowest BCUT2D eigenvalue weighted by Crippen LogP contribution is -2.33. The molecule has 4 nitrogen and oxygen atoms in total. The van der Waals surface area contributed by atoms with Crippen molar-refractivity contribution in [3.05, 3.63) is 99.9 Å². The monoisotopic (exact) mass is 433 g/mol. The molecule has 0 aliphatic carbocycles. The quantitative estimate of drug-likeness (QED) is 0.370. The molecule has 1 saturated heterocycles. The minimum atomic E-state index is -0.464. The molecule has 0 atom stereocenters. The van der Waals surface area contributed by atoms with Crippen LogP contribution in [-0.2, 0) is 4.79 Å². The minimum Gasteiger partial charge on any atom is -0.292 e. The first kappa shape index (κ1) is 20.1. The predicted octanol–water partition coefficient (Wildman–Crippen LogP) is 5.93. The number of hydrogen-bond donors (Lipinski definition) is 0. The molecule has 0 saturated carbocycles. The number of carbonyl (C=O) groups excluding carboxylic acids is 3. The first-order chi connectivity index (χ1) is 14.5. The van der Waals surface area contributed by atoms with Gasteiger partial charge in [0.25, 0.3) is 11.1 Å². The lowest BCUT2D eigenvalue weighted by molar-refractivity contribution is -0.122. The molecule has 0 spiro atoms. The van der Waals surface area contributed by atoms with Crippen LogP contribution in [0.5, 0.6) is 0 Å². The summed E-state index contributed by atoms with van der Waals surface area (Å²) in [4.78, 5) is 38.9. The molecule has 0 radical (unpaired) electrons. The maximum Gasteiger partial charge on any atom is 0.293 e. The summed E-state index contributed by atoms with van der Waals surface area (Å²) in [6.45, 7) is -0.284. The summed E-state index contributed by atoms with van der Waals surface area (Å²) in [5, 5.41) is 0.138. The fourth-order valence-electron chi connectivity index (χ4n) is 3.06. The third-order valence-electron chi connectivity index (χ3n) is 4.66. The number of ketones is 1. The number of thioether (sulfide) groups is 1. The average Bonchev–Trinajstić information content (AvgIpc) is 3.03. The Balaban J connectivity index is 1.47. The predicted molar refractivity (Wildman–Crippen MR) is 120 cm³/mol. The van der Waals surface area contributed by atoms with E-state index in [2.05, 4.69) is 0 Å². The molecule has 30 heavy (non-hydrogen) atoms. The summed E-state index contributed by atoms with van der Waals surface area (Å²) in [5.74, 6) is -0.751. The third-order valence-corrected chi connectivity index (χ3v) is 5.82. The van der Waals surface area contributed by atoms with Gasteiger partial charge in [-0.25, -0.2) is 0 Å². The number of imide groups is 1. The highest BCUT2D eigenvalue weighted by molar-refractivity contribution is 8.18. The zero-order valence-corrected chi connectivity index (χ0v) is 17.3. The van der Waals surface area contributed by atoms with Crippen molar-refractivity contribution >= 4 is 46.4 Å². The summed E-state index contributed by atoms with van der Waals surface area (Å²) < 4.78 is 0. The van der Waals surface area contributed by atoms with Crippen molar-refractivity contribution in [2.45, 2.75) is 0 Å². The largest absolute Gasteiger partial charge is 0.293 e. The van der Waals surface area contributed by atoms with Gasteiger partial charge in [0.1, 0.15) is 0 Å². The molecule has 2 amide bonds. The van der Waals surface area contributed by atoms with Gasteiger partial charge in [0.15, 0.2) is 5.78 Å². The molecule has 0 aromatic heterocycles. The van der Waals surface area contributed by atoms with E-state index >= 15 is 0 Å². The lowest BCUT2D eigenvalue weighted by Gasteiger charge is -2.11. The van der Waals surface area contributed by atoms with Gasteiger partial charge in [-0.3, -0.25) is 19.3 Å². The van der Waals surface area contributed by atoms with Crippen LogP contribution in [0.15, 0.2) is 83.8 Å². The molecule has 148 valence electrons. The smallest absolute Gasteiger partial charge is 0.292 e. The molecule has 1 aliphatic rings. The van der Waals surface area contributed by atoms with E-state index in [9.17, 15) is 14.4 Å². The Morgan fingerprint density at radius 1 is 0.867 bits per heavy atom. The number of amides is 2. The van der Waals surface area contributed by atoms with Crippen LogP contribution in [-0.4, -0.2) is 28.4 Å². The summed E-state index contributed by atoms with van der Waals surface area (Å²) in [5.41, 5.74) is 3.25. The highest BCUT2D eigenvalue weighted by Gasteiger charge is 2.36. The second kappa shape index (κ2) is 8.69. The Hall–Kier alpha value is -3.15. The van der Waals surface area contributed by atoms with E-state index in [4.69, 9.17) is 11.6 Å². The van der Waals surface area contributed by atoms with E-state index in [1.807, 2.05) is 42.5 Å². The van der Waals surface area contributed by atoms with Crippen LogP contribution in [0.2, 0.25) is 5.02 Å². The molecule has 1 aliphatic heterocycles. The van der Waals surface area contributed by atoms with Gasteiger partial charge in [-0.2, -0.15) is 0 Å². The Labute approximate surface area is 183 Å². The fraction of sp³-hybridized carbons (Fsp3) is 0.0417. The first-order valence-electron chi connectivity index (χ1n) is 9.21. The lowest BCUT2D eigenvalue weighted by atomic mass is 10.0. The highest BCUT2D eigenvalue weighted by atomic mass is 35.5. The Morgan fingerprint density at radius 3 is 2.17 bits per heavy atom. The van der Waals surface area contributed by atoms with Crippen LogP contribution in [0.1, 0.15) is 15.9 Å². The van der Waals surface area contributed by atoms with Crippen molar-refractivity contribution < 1.29 is 14.4 Å². The van der Waals surface area contributed by atoms with Crippen LogP contribution in [0.4, 0.5) is 4.79 Å². The summed E-state index contributed by atoms with van der Waals surface area (Å²) in [6, 6.07) is 23.9. The van der Waals surface area contributed by atoms with E-state index in [0.29, 0.717) is 10.6 Å². The average molecular weight is 434 g/mol. The van der Waals surface area contributed by atoms with Crippen LogP contribution >= 0.6 is 23.4 Å². The second-order valence-corrected chi connectivity index (χ2v) is 8.12. The van der Waals surface area contributed by atoms with Crippen molar-refractivity contribution in [1.82, 2.24) is 4.90 Å². The molecule has 4 rings (SSSR count). The zero-order valence-electron chi connectivity index (χ0n) is 15.7. The van der Waals surface area contributed by atoms with E-state index in [-0.39, 0.29) is 17.2 Å². The summed E-state index contributed by atoms with van der Waals surface area (Å²) in [7, 11) is 0. The van der Waals surface area contributed by atoms with Crippen molar-refractivity contribution in [1.29, 1.82) is 0 Å². The van der Waals surface area contributed by atoms with Gasteiger partial charge in [0.2, 0.25) is 0 Å². The van der Waals surface area contributed by atoms with Crippen molar-refractivity contribution in [3.8, 4) is 11.1 Å². The Bertz CT molecular complexity index is 1140. The van der Waals surface area contributed by atoms with Crippen LogP contribution < -0.4 is 0 Å². The molecule has 3 aromatic carbocycles. The summed E-state index contributed by atoms with van der Waals surface area (Å²) >= 11 is 6.70. The normalized spacial score (nSPS) is 15.1. The zero-order chi connectivity index (χ0) is 21.1. The Kier molecular flexibility index (Phi) is 5.84. The molecule has 6 heteroatoms. The molecular weight excluding hydrogens is 418 g/mol. The highest BCUT2D eigenvalue weighted by Crippen LogP contribution is 2.32. The number of benzene rings is 3. The number of nitrogens with zero attached hydrogens (tertiary/aromatic N) is 1. The van der Waals surface area contributed by atoms with E-state index in [1.165, 1.54) is 0 Å². The van der Waals surface area contributed by atoms with Crippen molar-refractivity contribution in [2.24, 2.45) is 0 Å². The molecule has 1 fully saturated rings. The number of carbonyl (C=O) groups is 3. The van der Waals surface area contributed by atoms with Crippen LogP contribution in [0.25, 0.3) is 17.2 Å². The van der Waals surface area contributed by atoms with Gasteiger partial charge in [-0.15, -0.1) is 0 Å². The molecule has 0 bridgehead atoms. The number of Topliss-reactive ketones (excluding diaryl/α,β-unsaturated/α-hetero) is 1. The second-order valence-electron chi connectivity index (χ2n) is 6.69. The van der Waals surface area contributed by atoms with Gasteiger partial charge in [-0.05, 0) is 46.7 Å². The SMILES string of the molecule is O=C(CN1C(=O)S/C(=C/c2ccc(Cl)cc2)C1=O)c1ccc(-c2ccccc2)cc1. The first-order valence-corrected chi connectivity index (χ1v) is 10.4. The molecule has 0 N–H and O–H groups in total. The van der Waals surface area contributed by atoms with Crippen molar-refractivity contribution in [3.63, 3.8) is 0 Å². The van der Waals surface area contributed by atoms with E-state index < -0.39 is 11.1 Å². The van der Waals surface area contributed by atoms with E-state index in [1.54, 1.807) is 42.5 Å². The number of halogens is 1. The standard InChI is InChI=1S/C24H16ClNO3S/c25-20-12-6-16(7-13-20)14-22-23(28)26(24(29)30-22)15-21(27)19-10-8-18(9-11-19)17-4-2-1-3-5-17/h1-14H,15H2/b22-14+. The topological polar surface area (TPSA) is 54.5 Å². The summed E-state index contributed by atoms with van der Waals surface area (Å²) in [6.07, 6.45) is 1.63. The maximum absolute atomic E-state index is 12.7. The minimum absolute atomic E-state index is 0.284. The van der Waals surface area contributed by atoms with Gasteiger partial charge in [0.05, 0.1) is 11.4 Å².